The SMILES string of the molecule is CC(C)(C)OC(=O)N1C[C@H]2C[C@@H]1C[C@@H]2c1ccc(-c2cc(C(=O)O)cc3cc(-c4ccc(C(F)(F)F)cc4)ccc23)cc1. The summed E-state index contributed by atoms with van der Waals surface area (Å²) in [6, 6.07) is 22.1. The molecule has 4 aromatic rings. The highest BCUT2D eigenvalue weighted by Crippen LogP contribution is 2.48. The number of likely N-dealkylation sites (tertiary alicyclic amines) is 1. The summed E-state index contributed by atoms with van der Waals surface area (Å²) in [5, 5.41) is 11.4. The van der Waals surface area contributed by atoms with E-state index in [4.69, 9.17) is 4.74 Å². The number of carboxylic acid groups (broad SMARTS) is 1. The summed E-state index contributed by atoms with van der Waals surface area (Å²) < 4.78 is 44.7. The molecule has 1 amide bonds. The first-order chi connectivity index (χ1) is 20.3. The minimum atomic E-state index is -4.42. The molecule has 222 valence electrons. The molecule has 1 saturated heterocycles. The Kier molecular flexibility index (Phi) is 6.98. The molecule has 3 atom stereocenters. The summed E-state index contributed by atoms with van der Waals surface area (Å²) >= 11 is 0. The number of carbonyl (C=O) groups excluding carboxylic acids is 1. The number of hydrogen-bond donors (Lipinski definition) is 1. The third-order valence-electron chi connectivity index (χ3n) is 8.56. The van der Waals surface area contributed by atoms with E-state index in [0.717, 1.165) is 41.5 Å². The normalized spacial score (nSPS) is 20.0. The van der Waals surface area contributed by atoms with Crippen LogP contribution in [0.15, 0.2) is 78.9 Å². The molecule has 6 rings (SSSR count). The van der Waals surface area contributed by atoms with Crippen molar-refractivity contribution in [2.45, 2.75) is 57.3 Å². The van der Waals surface area contributed by atoms with Crippen molar-refractivity contribution < 1.29 is 32.6 Å². The van der Waals surface area contributed by atoms with Crippen LogP contribution in [0.4, 0.5) is 18.0 Å². The Morgan fingerprint density at radius 2 is 1.49 bits per heavy atom. The molecule has 1 N–H and O–H groups in total. The van der Waals surface area contributed by atoms with E-state index in [9.17, 15) is 27.9 Å². The van der Waals surface area contributed by atoms with Crippen molar-refractivity contribution in [2.24, 2.45) is 5.92 Å². The van der Waals surface area contributed by atoms with Crippen LogP contribution in [0, 0.1) is 5.92 Å². The molecule has 4 aromatic carbocycles. The Morgan fingerprint density at radius 1 is 0.837 bits per heavy atom. The van der Waals surface area contributed by atoms with Crippen LogP contribution in [0.1, 0.15) is 61.0 Å². The molecule has 0 aromatic heterocycles. The average molecular weight is 588 g/mol. The number of carboxylic acids is 1. The summed E-state index contributed by atoms with van der Waals surface area (Å²) in [6.07, 6.45) is -2.83. The predicted octanol–water partition coefficient (Wildman–Crippen LogP) is 9.00. The number of rotatable bonds is 4. The van der Waals surface area contributed by atoms with Gasteiger partial charge in [0.05, 0.1) is 11.1 Å². The zero-order valence-corrected chi connectivity index (χ0v) is 24.1. The van der Waals surface area contributed by atoms with Crippen molar-refractivity contribution in [1.29, 1.82) is 0 Å². The standard InChI is InChI=1S/C35H32F3NO4/c1-34(2,3)43-33(42)39-19-26-16-28(39)18-30(26)21-4-6-22(7-5-21)31-17-25(32(40)41)15-24-14-23(10-13-29(24)31)20-8-11-27(12-9-20)35(36,37)38/h4-15,17,26,28,30H,16,18-19H2,1-3H3,(H,40,41)/t26-,28-,30-/m1/s1. The number of ether oxygens (including phenoxy) is 1. The van der Waals surface area contributed by atoms with E-state index in [-0.39, 0.29) is 17.7 Å². The van der Waals surface area contributed by atoms with Gasteiger partial charge in [-0.15, -0.1) is 0 Å². The molecule has 1 aliphatic heterocycles. The maximum atomic E-state index is 13.0. The summed E-state index contributed by atoms with van der Waals surface area (Å²) in [5.41, 5.74) is 3.03. The Labute approximate surface area is 247 Å². The Balaban J connectivity index is 1.27. The van der Waals surface area contributed by atoms with Crippen LogP contribution < -0.4 is 0 Å². The number of fused-ring (bicyclic) bond motifs is 3. The summed E-state index contributed by atoms with van der Waals surface area (Å²) in [7, 11) is 0. The van der Waals surface area contributed by atoms with Gasteiger partial charge in [-0.25, -0.2) is 9.59 Å². The van der Waals surface area contributed by atoms with E-state index in [1.54, 1.807) is 12.1 Å². The van der Waals surface area contributed by atoms with Gasteiger partial charge in [-0.1, -0.05) is 48.5 Å². The van der Waals surface area contributed by atoms with Crippen LogP contribution in [0.3, 0.4) is 0 Å². The first kappa shape index (κ1) is 28.8. The Hall–Kier alpha value is -4.33. The van der Waals surface area contributed by atoms with Crippen molar-refractivity contribution in [3.8, 4) is 22.3 Å². The van der Waals surface area contributed by atoms with E-state index in [0.29, 0.717) is 34.9 Å². The smallest absolute Gasteiger partial charge is 0.416 e. The number of nitrogens with zero attached hydrogens (tertiary/aromatic N) is 1. The number of piperidine rings is 1. The molecule has 1 saturated carbocycles. The fourth-order valence-electron chi connectivity index (χ4n) is 6.58. The van der Waals surface area contributed by atoms with Crippen molar-refractivity contribution in [3.63, 3.8) is 0 Å². The van der Waals surface area contributed by atoms with E-state index in [2.05, 4.69) is 12.1 Å². The summed E-state index contributed by atoms with van der Waals surface area (Å²) in [5.74, 6) is -0.356. The number of aromatic carboxylic acids is 1. The molecule has 1 heterocycles. The molecule has 43 heavy (non-hydrogen) atoms. The molecule has 5 nitrogen and oxygen atoms in total. The molecular formula is C35H32F3NO4. The number of carbonyl (C=O) groups is 2. The van der Waals surface area contributed by atoms with Gasteiger partial charge < -0.3 is 14.7 Å². The van der Waals surface area contributed by atoms with Gasteiger partial charge in [0, 0.05) is 12.6 Å². The number of hydrogen-bond acceptors (Lipinski definition) is 3. The van der Waals surface area contributed by atoms with Crippen LogP contribution in [-0.4, -0.2) is 40.3 Å². The van der Waals surface area contributed by atoms with Crippen molar-refractivity contribution in [3.05, 3.63) is 95.6 Å². The Morgan fingerprint density at radius 3 is 2.07 bits per heavy atom. The second-order valence-electron chi connectivity index (χ2n) is 12.6. The maximum Gasteiger partial charge on any atom is 0.416 e. The van der Waals surface area contributed by atoms with Crippen LogP contribution >= 0.6 is 0 Å². The van der Waals surface area contributed by atoms with Gasteiger partial charge in [0.2, 0.25) is 0 Å². The van der Waals surface area contributed by atoms with E-state index >= 15 is 0 Å². The molecule has 0 radical (unpaired) electrons. The van der Waals surface area contributed by atoms with Crippen molar-refractivity contribution in [1.82, 2.24) is 4.90 Å². The first-order valence-corrected chi connectivity index (χ1v) is 14.4. The number of benzene rings is 4. The lowest BCUT2D eigenvalue weighted by Crippen LogP contribution is -2.42. The second kappa shape index (κ2) is 10.4. The molecule has 2 bridgehead atoms. The number of alkyl halides is 3. The van der Waals surface area contributed by atoms with Gasteiger partial charge in [-0.05, 0) is 114 Å². The van der Waals surface area contributed by atoms with Crippen LogP contribution in [0.25, 0.3) is 33.0 Å². The third-order valence-corrected chi connectivity index (χ3v) is 8.56. The van der Waals surface area contributed by atoms with Gasteiger partial charge in [0.15, 0.2) is 0 Å². The van der Waals surface area contributed by atoms with Gasteiger partial charge in [-0.2, -0.15) is 13.2 Å². The van der Waals surface area contributed by atoms with Gasteiger partial charge in [0.1, 0.15) is 5.60 Å². The zero-order valence-electron chi connectivity index (χ0n) is 24.1. The number of halogens is 3. The Bertz CT molecular complexity index is 1710. The fraction of sp³-hybridized carbons (Fsp3) is 0.314. The third kappa shape index (κ3) is 5.70. The average Bonchev–Trinajstić information content (AvgIpc) is 3.57. The monoisotopic (exact) mass is 587 g/mol. The van der Waals surface area contributed by atoms with Gasteiger partial charge in [0.25, 0.3) is 0 Å². The lowest BCUT2D eigenvalue weighted by Gasteiger charge is -2.33. The minimum absolute atomic E-state index is 0.131. The predicted molar refractivity (Wildman–Crippen MR) is 159 cm³/mol. The lowest BCUT2D eigenvalue weighted by molar-refractivity contribution is -0.137. The highest BCUT2D eigenvalue weighted by Gasteiger charge is 2.48. The number of amides is 1. The topological polar surface area (TPSA) is 66.8 Å². The zero-order chi connectivity index (χ0) is 30.7. The quantitative estimate of drug-likeness (QED) is 0.259. The second-order valence-corrected chi connectivity index (χ2v) is 12.6. The molecule has 8 heteroatoms. The molecular weight excluding hydrogens is 555 g/mol. The molecule has 0 unspecified atom stereocenters. The van der Waals surface area contributed by atoms with Gasteiger partial charge >= 0.3 is 18.2 Å². The first-order valence-electron chi connectivity index (χ1n) is 14.4. The molecule has 0 spiro atoms. The van der Waals surface area contributed by atoms with E-state index < -0.39 is 23.3 Å². The lowest BCUT2D eigenvalue weighted by atomic mass is 9.86. The van der Waals surface area contributed by atoms with Crippen LogP contribution in [0.2, 0.25) is 0 Å². The molecule has 1 aliphatic carbocycles. The summed E-state index contributed by atoms with van der Waals surface area (Å²) in [4.78, 5) is 26.5. The molecule has 2 aliphatic rings. The van der Waals surface area contributed by atoms with Crippen LogP contribution in [0.5, 0.6) is 0 Å². The maximum absolute atomic E-state index is 13.0. The highest BCUT2D eigenvalue weighted by molar-refractivity contribution is 6.04. The van der Waals surface area contributed by atoms with Gasteiger partial charge in [-0.3, -0.25) is 0 Å². The summed E-state index contributed by atoms with van der Waals surface area (Å²) in [6.45, 7) is 6.30. The fourth-order valence-corrected chi connectivity index (χ4v) is 6.58. The van der Waals surface area contributed by atoms with Crippen molar-refractivity contribution >= 4 is 22.8 Å². The highest BCUT2D eigenvalue weighted by atomic mass is 19.4. The van der Waals surface area contributed by atoms with Crippen molar-refractivity contribution in [2.75, 3.05) is 6.54 Å². The largest absolute Gasteiger partial charge is 0.478 e. The molecule has 2 fully saturated rings. The van der Waals surface area contributed by atoms with E-state index in [1.165, 1.54) is 17.7 Å². The van der Waals surface area contributed by atoms with Crippen LogP contribution in [-0.2, 0) is 10.9 Å². The minimum Gasteiger partial charge on any atom is -0.478 e. The van der Waals surface area contributed by atoms with E-state index in [1.807, 2.05) is 56.0 Å².